The Kier molecular flexibility index (Phi) is 5.04. The molecule has 0 fully saturated rings. The van der Waals surface area contributed by atoms with Gasteiger partial charge in [-0.2, -0.15) is 13.2 Å². The second-order valence-corrected chi connectivity index (χ2v) is 4.17. The molecule has 0 radical (unpaired) electrons. The third-order valence-electron chi connectivity index (χ3n) is 2.52. The van der Waals surface area contributed by atoms with Gasteiger partial charge in [0.25, 0.3) is 5.92 Å². The average molecular weight is 296 g/mol. The molecule has 0 unspecified atom stereocenters. The molecule has 0 heterocycles. The van der Waals surface area contributed by atoms with E-state index < -0.39 is 43.1 Å². The van der Waals surface area contributed by atoms with Gasteiger partial charge >= 0.3 is 6.18 Å². The lowest BCUT2D eigenvalue weighted by Gasteiger charge is -2.16. The van der Waals surface area contributed by atoms with Crippen molar-refractivity contribution < 1.29 is 26.7 Å². The zero-order valence-corrected chi connectivity index (χ0v) is 10.3. The lowest BCUT2D eigenvalue weighted by Crippen LogP contribution is -2.42. The summed E-state index contributed by atoms with van der Waals surface area (Å²) in [4.78, 5) is 11.4. The summed E-state index contributed by atoms with van der Waals surface area (Å²) in [5.74, 6) is -4.20. The summed E-state index contributed by atoms with van der Waals surface area (Å²) < 4.78 is 63.6. The van der Waals surface area contributed by atoms with Crippen LogP contribution >= 0.6 is 0 Å². The van der Waals surface area contributed by atoms with Crippen molar-refractivity contribution in [3.05, 3.63) is 35.4 Å². The van der Waals surface area contributed by atoms with Gasteiger partial charge in [0.15, 0.2) is 0 Å². The Morgan fingerprint density at radius 3 is 2.30 bits per heavy atom. The normalized spacial score (nSPS) is 12.3. The van der Waals surface area contributed by atoms with E-state index in [-0.39, 0.29) is 5.56 Å². The van der Waals surface area contributed by atoms with Gasteiger partial charge in [0.1, 0.15) is 0 Å². The van der Waals surface area contributed by atoms with Crippen LogP contribution in [0.1, 0.15) is 11.1 Å². The fraction of sp³-hybridized carbons (Fsp3) is 0.417. The summed E-state index contributed by atoms with van der Waals surface area (Å²) in [5, 5.41) is 1.86. The third kappa shape index (κ3) is 4.76. The highest BCUT2D eigenvalue weighted by Crippen LogP contribution is 2.31. The Bertz CT molecular complexity index is 473. The van der Waals surface area contributed by atoms with Crippen LogP contribution in [-0.4, -0.2) is 24.9 Å². The van der Waals surface area contributed by atoms with Crippen molar-refractivity contribution in [2.24, 2.45) is 5.73 Å². The molecule has 112 valence electrons. The van der Waals surface area contributed by atoms with Crippen LogP contribution in [0.2, 0.25) is 0 Å². The highest BCUT2D eigenvalue weighted by Gasteiger charge is 2.33. The number of alkyl halides is 5. The van der Waals surface area contributed by atoms with Gasteiger partial charge in [0.2, 0.25) is 5.91 Å². The number of rotatable bonds is 5. The third-order valence-corrected chi connectivity index (χ3v) is 2.52. The minimum absolute atomic E-state index is 0.270. The SMILES string of the molecule is NCC(F)(F)CNC(=O)Cc1ccccc1C(F)(F)F. The zero-order valence-electron chi connectivity index (χ0n) is 10.3. The Balaban J connectivity index is 2.72. The lowest BCUT2D eigenvalue weighted by atomic mass is 10.0. The van der Waals surface area contributed by atoms with Gasteiger partial charge in [-0.05, 0) is 11.6 Å². The van der Waals surface area contributed by atoms with Gasteiger partial charge in [0, 0.05) is 0 Å². The average Bonchev–Trinajstić information content (AvgIpc) is 2.36. The molecule has 1 amide bonds. The molecule has 0 saturated carbocycles. The predicted molar refractivity (Wildman–Crippen MR) is 62.2 cm³/mol. The minimum Gasteiger partial charge on any atom is -0.350 e. The molecular weight excluding hydrogens is 283 g/mol. The van der Waals surface area contributed by atoms with Crippen molar-refractivity contribution in [3.63, 3.8) is 0 Å². The number of carbonyl (C=O) groups excluding carboxylic acids is 1. The second-order valence-electron chi connectivity index (χ2n) is 4.17. The van der Waals surface area contributed by atoms with E-state index in [0.717, 1.165) is 12.1 Å². The minimum atomic E-state index is -4.60. The van der Waals surface area contributed by atoms with Gasteiger partial charge in [-0.15, -0.1) is 0 Å². The standard InChI is InChI=1S/C12H13F5N2O/c13-11(14,6-18)7-19-10(20)5-8-3-1-2-4-9(8)12(15,16)17/h1-4H,5-7,18H2,(H,19,20). The quantitative estimate of drug-likeness (QED) is 0.816. The molecule has 0 saturated heterocycles. The van der Waals surface area contributed by atoms with E-state index in [2.05, 4.69) is 0 Å². The number of benzene rings is 1. The first kappa shape index (κ1) is 16.4. The molecule has 1 aromatic carbocycles. The van der Waals surface area contributed by atoms with Gasteiger partial charge in [-0.25, -0.2) is 8.78 Å². The Morgan fingerprint density at radius 1 is 1.15 bits per heavy atom. The predicted octanol–water partition coefficient (Wildman–Crippen LogP) is 1.96. The van der Waals surface area contributed by atoms with E-state index in [9.17, 15) is 26.7 Å². The molecule has 8 heteroatoms. The van der Waals surface area contributed by atoms with Crippen molar-refractivity contribution in [1.82, 2.24) is 5.32 Å². The van der Waals surface area contributed by atoms with Crippen LogP contribution in [0.4, 0.5) is 22.0 Å². The van der Waals surface area contributed by atoms with E-state index in [0.29, 0.717) is 0 Å². The Hall–Kier alpha value is -1.70. The summed E-state index contributed by atoms with van der Waals surface area (Å²) in [7, 11) is 0. The van der Waals surface area contributed by atoms with Crippen LogP contribution in [0.25, 0.3) is 0 Å². The molecule has 1 aromatic rings. The molecule has 20 heavy (non-hydrogen) atoms. The summed E-state index contributed by atoms with van der Waals surface area (Å²) in [6.45, 7) is -1.96. The number of amides is 1. The monoisotopic (exact) mass is 296 g/mol. The van der Waals surface area contributed by atoms with Crippen molar-refractivity contribution in [2.45, 2.75) is 18.5 Å². The number of hydrogen-bond acceptors (Lipinski definition) is 2. The van der Waals surface area contributed by atoms with Crippen molar-refractivity contribution in [1.29, 1.82) is 0 Å². The first-order chi connectivity index (χ1) is 9.15. The molecule has 0 aliphatic rings. The van der Waals surface area contributed by atoms with Crippen LogP contribution in [0.5, 0.6) is 0 Å². The summed E-state index contributed by atoms with van der Waals surface area (Å²) >= 11 is 0. The Morgan fingerprint density at radius 2 is 1.75 bits per heavy atom. The van der Waals surface area contributed by atoms with Crippen molar-refractivity contribution in [3.8, 4) is 0 Å². The first-order valence-corrected chi connectivity index (χ1v) is 5.65. The highest BCUT2D eigenvalue weighted by molar-refractivity contribution is 5.79. The maximum absolute atomic E-state index is 12.8. The van der Waals surface area contributed by atoms with Crippen LogP contribution in [0.3, 0.4) is 0 Å². The van der Waals surface area contributed by atoms with Crippen LogP contribution in [0.15, 0.2) is 24.3 Å². The molecular formula is C12H13F5N2O. The Labute approximate surface area is 112 Å². The molecule has 0 aliphatic heterocycles. The molecule has 1 rings (SSSR count). The van der Waals surface area contributed by atoms with E-state index >= 15 is 0 Å². The molecule has 0 aliphatic carbocycles. The maximum Gasteiger partial charge on any atom is 0.416 e. The smallest absolute Gasteiger partial charge is 0.350 e. The molecule has 3 nitrogen and oxygen atoms in total. The fourth-order valence-electron chi connectivity index (χ4n) is 1.49. The second kappa shape index (κ2) is 6.17. The number of nitrogens with two attached hydrogens (primary N) is 1. The lowest BCUT2D eigenvalue weighted by molar-refractivity contribution is -0.138. The topological polar surface area (TPSA) is 55.1 Å². The van der Waals surface area contributed by atoms with E-state index in [1.165, 1.54) is 12.1 Å². The summed E-state index contributed by atoms with van der Waals surface area (Å²) in [6.07, 6.45) is -5.23. The fourth-order valence-corrected chi connectivity index (χ4v) is 1.49. The molecule has 0 aromatic heterocycles. The van der Waals surface area contributed by atoms with Gasteiger partial charge in [0.05, 0.1) is 25.1 Å². The van der Waals surface area contributed by atoms with Crippen molar-refractivity contribution >= 4 is 5.91 Å². The van der Waals surface area contributed by atoms with Crippen LogP contribution in [0, 0.1) is 0 Å². The summed E-state index contributed by atoms with van der Waals surface area (Å²) in [6, 6.07) is 4.49. The van der Waals surface area contributed by atoms with Crippen LogP contribution < -0.4 is 11.1 Å². The van der Waals surface area contributed by atoms with E-state index in [1.54, 1.807) is 0 Å². The zero-order chi connectivity index (χ0) is 15.4. The van der Waals surface area contributed by atoms with Crippen LogP contribution in [-0.2, 0) is 17.4 Å². The largest absolute Gasteiger partial charge is 0.416 e. The molecule has 0 spiro atoms. The molecule has 3 N–H and O–H groups in total. The first-order valence-electron chi connectivity index (χ1n) is 5.65. The number of carbonyl (C=O) groups is 1. The summed E-state index contributed by atoms with van der Waals surface area (Å²) in [5.41, 5.74) is 3.55. The molecule has 0 bridgehead atoms. The van der Waals surface area contributed by atoms with E-state index in [1.807, 2.05) is 5.32 Å². The number of hydrogen-bond donors (Lipinski definition) is 2. The highest BCUT2D eigenvalue weighted by atomic mass is 19.4. The van der Waals surface area contributed by atoms with Gasteiger partial charge in [-0.3, -0.25) is 4.79 Å². The number of nitrogens with one attached hydrogen (secondary N) is 1. The van der Waals surface area contributed by atoms with E-state index in [4.69, 9.17) is 5.73 Å². The molecule has 0 atom stereocenters. The van der Waals surface area contributed by atoms with Gasteiger partial charge < -0.3 is 11.1 Å². The maximum atomic E-state index is 12.8. The number of halogens is 5. The van der Waals surface area contributed by atoms with Crippen molar-refractivity contribution in [2.75, 3.05) is 13.1 Å². The van der Waals surface area contributed by atoms with Gasteiger partial charge in [-0.1, -0.05) is 18.2 Å².